The van der Waals surface area contributed by atoms with E-state index in [9.17, 15) is 9.59 Å². The molecular weight excluding hydrogens is 144 g/mol. The van der Waals surface area contributed by atoms with E-state index in [0.717, 1.165) is 25.7 Å². The standard InChI is InChI=1S/C8H10O3/c9-7-5-1-2-6(4-3-5)8(10)11-7/h5-6H,1-4H2/t5-,6+. The maximum atomic E-state index is 11.0. The lowest BCUT2D eigenvalue weighted by Crippen LogP contribution is -2.15. The number of fused-ring (bicyclic) bond motifs is 4. The van der Waals surface area contributed by atoms with Gasteiger partial charge in [-0.05, 0) is 25.7 Å². The summed E-state index contributed by atoms with van der Waals surface area (Å²) in [6.07, 6.45) is 3.37. The summed E-state index contributed by atoms with van der Waals surface area (Å²) < 4.78 is 4.62. The third kappa shape index (κ3) is 1.04. The van der Waals surface area contributed by atoms with Crippen LogP contribution in [0, 0.1) is 11.8 Å². The molecule has 0 aromatic heterocycles. The third-order valence-corrected chi connectivity index (χ3v) is 2.60. The third-order valence-electron chi connectivity index (χ3n) is 2.60. The quantitative estimate of drug-likeness (QED) is 0.384. The normalized spacial score (nSPS) is 36.7. The number of carbonyl (C=O) groups excluding carboxylic acids is 2. The highest BCUT2D eigenvalue weighted by Crippen LogP contribution is 2.33. The Morgan fingerprint density at radius 2 is 1.27 bits per heavy atom. The Balaban J connectivity index is 2.25. The molecule has 0 N–H and O–H groups in total. The smallest absolute Gasteiger partial charge is 0.316 e. The summed E-state index contributed by atoms with van der Waals surface area (Å²) in [6, 6.07) is 0. The molecule has 1 aliphatic carbocycles. The molecule has 2 saturated heterocycles. The number of ether oxygens (including phenoxy) is 1. The fourth-order valence-electron chi connectivity index (χ4n) is 1.83. The van der Waals surface area contributed by atoms with E-state index in [-0.39, 0.29) is 23.8 Å². The number of hydrogen-bond donors (Lipinski definition) is 0. The first-order valence-electron chi connectivity index (χ1n) is 4.03. The van der Waals surface area contributed by atoms with E-state index < -0.39 is 0 Å². The van der Waals surface area contributed by atoms with Crippen molar-refractivity contribution in [3.8, 4) is 0 Å². The highest BCUT2D eigenvalue weighted by atomic mass is 16.6. The van der Waals surface area contributed by atoms with Crippen LogP contribution in [0.15, 0.2) is 0 Å². The lowest BCUT2D eigenvalue weighted by atomic mass is 9.84. The fraction of sp³-hybridized carbons (Fsp3) is 0.750. The average molecular weight is 154 g/mol. The predicted molar refractivity (Wildman–Crippen MR) is 36.5 cm³/mol. The van der Waals surface area contributed by atoms with Crippen LogP contribution < -0.4 is 0 Å². The highest BCUT2D eigenvalue weighted by molar-refractivity contribution is 5.89. The zero-order valence-electron chi connectivity index (χ0n) is 6.21. The van der Waals surface area contributed by atoms with Gasteiger partial charge in [0.05, 0.1) is 11.8 Å². The van der Waals surface area contributed by atoms with Gasteiger partial charge >= 0.3 is 11.9 Å². The zero-order chi connectivity index (χ0) is 7.84. The Hall–Kier alpha value is -0.860. The fourth-order valence-corrected chi connectivity index (χ4v) is 1.83. The van der Waals surface area contributed by atoms with Gasteiger partial charge in [0, 0.05) is 0 Å². The van der Waals surface area contributed by atoms with Crippen LogP contribution in [0.4, 0.5) is 0 Å². The van der Waals surface area contributed by atoms with E-state index in [1.807, 2.05) is 0 Å². The first kappa shape index (κ1) is 6.83. The SMILES string of the molecule is O=C1OC(=O)[C@H]2CC[C@@H]1CC2. The zero-order valence-corrected chi connectivity index (χ0v) is 6.21. The molecule has 11 heavy (non-hydrogen) atoms. The number of carbonyl (C=O) groups is 2. The lowest BCUT2D eigenvalue weighted by Gasteiger charge is -2.17. The van der Waals surface area contributed by atoms with Crippen molar-refractivity contribution in [1.29, 1.82) is 0 Å². The van der Waals surface area contributed by atoms with Crippen molar-refractivity contribution in [2.75, 3.05) is 0 Å². The number of esters is 2. The molecule has 2 heterocycles. The Morgan fingerprint density at radius 3 is 1.64 bits per heavy atom. The van der Waals surface area contributed by atoms with E-state index in [1.54, 1.807) is 0 Å². The van der Waals surface area contributed by atoms with Crippen molar-refractivity contribution < 1.29 is 14.3 Å². The Morgan fingerprint density at radius 1 is 0.909 bits per heavy atom. The lowest BCUT2D eigenvalue weighted by molar-refractivity contribution is -0.161. The van der Waals surface area contributed by atoms with Crippen molar-refractivity contribution in [1.82, 2.24) is 0 Å². The molecule has 0 amide bonds. The Bertz CT molecular complexity index is 179. The van der Waals surface area contributed by atoms with Gasteiger partial charge in [0.25, 0.3) is 0 Å². The second-order valence-corrected chi connectivity index (χ2v) is 3.29. The minimum absolute atomic E-state index is 0.0118. The minimum Gasteiger partial charge on any atom is -0.393 e. The molecule has 2 aliphatic heterocycles. The van der Waals surface area contributed by atoms with Crippen LogP contribution in [0.2, 0.25) is 0 Å². The predicted octanol–water partition coefficient (Wildman–Crippen LogP) is 0.876. The van der Waals surface area contributed by atoms with Gasteiger partial charge in [-0.1, -0.05) is 0 Å². The topological polar surface area (TPSA) is 43.4 Å². The van der Waals surface area contributed by atoms with Gasteiger partial charge in [-0.3, -0.25) is 9.59 Å². The van der Waals surface area contributed by atoms with E-state index in [0.29, 0.717) is 0 Å². The maximum absolute atomic E-state index is 11.0. The van der Waals surface area contributed by atoms with Crippen LogP contribution in [-0.4, -0.2) is 11.9 Å². The second kappa shape index (κ2) is 2.32. The number of rotatable bonds is 0. The minimum atomic E-state index is -0.296. The molecule has 3 fully saturated rings. The second-order valence-electron chi connectivity index (χ2n) is 3.29. The van der Waals surface area contributed by atoms with Gasteiger partial charge in [0.2, 0.25) is 0 Å². The van der Waals surface area contributed by atoms with Crippen molar-refractivity contribution in [2.45, 2.75) is 25.7 Å². The molecular formula is C8H10O3. The van der Waals surface area contributed by atoms with Gasteiger partial charge < -0.3 is 4.74 Å². The first-order valence-corrected chi connectivity index (χ1v) is 4.03. The maximum Gasteiger partial charge on any atom is 0.316 e. The van der Waals surface area contributed by atoms with Crippen LogP contribution >= 0.6 is 0 Å². The van der Waals surface area contributed by atoms with Gasteiger partial charge in [-0.2, -0.15) is 0 Å². The molecule has 0 atom stereocenters. The van der Waals surface area contributed by atoms with Crippen LogP contribution in [-0.2, 0) is 14.3 Å². The summed E-state index contributed by atoms with van der Waals surface area (Å²) >= 11 is 0. The monoisotopic (exact) mass is 154 g/mol. The molecule has 1 saturated carbocycles. The Labute approximate surface area is 64.7 Å². The van der Waals surface area contributed by atoms with Crippen LogP contribution in [0.1, 0.15) is 25.7 Å². The van der Waals surface area contributed by atoms with Crippen molar-refractivity contribution in [2.24, 2.45) is 11.8 Å². The highest BCUT2D eigenvalue weighted by Gasteiger charge is 2.37. The van der Waals surface area contributed by atoms with Crippen LogP contribution in [0.25, 0.3) is 0 Å². The first-order chi connectivity index (χ1) is 5.27. The van der Waals surface area contributed by atoms with E-state index in [1.165, 1.54) is 0 Å². The molecule has 3 aliphatic rings. The molecule has 0 radical (unpaired) electrons. The molecule has 0 unspecified atom stereocenters. The summed E-state index contributed by atoms with van der Waals surface area (Å²) in [5.41, 5.74) is 0. The van der Waals surface area contributed by atoms with Gasteiger partial charge in [-0.25, -0.2) is 0 Å². The van der Waals surface area contributed by atoms with Crippen molar-refractivity contribution >= 4 is 11.9 Å². The van der Waals surface area contributed by atoms with Crippen LogP contribution in [0.5, 0.6) is 0 Å². The van der Waals surface area contributed by atoms with Gasteiger partial charge in [-0.15, -0.1) is 0 Å². The molecule has 0 aromatic rings. The molecule has 2 bridgehead atoms. The van der Waals surface area contributed by atoms with Gasteiger partial charge in [0.15, 0.2) is 0 Å². The van der Waals surface area contributed by atoms with E-state index in [2.05, 4.69) is 4.74 Å². The Kier molecular flexibility index (Phi) is 1.44. The van der Waals surface area contributed by atoms with Crippen molar-refractivity contribution in [3.05, 3.63) is 0 Å². The summed E-state index contributed by atoms with van der Waals surface area (Å²) in [5, 5.41) is 0. The summed E-state index contributed by atoms with van der Waals surface area (Å²) in [4.78, 5) is 22.1. The number of hydrogen-bond acceptors (Lipinski definition) is 3. The molecule has 60 valence electrons. The molecule has 3 rings (SSSR count). The summed E-state index contributed by atoms with van der Waals surface area (Å²) in [5.74, 6) is -0.569. The summed E-state index contributed by atoms with van der Waals surface area (Å²) in [7, 11) is 0. The molecule has 0 spiro atoms. The van der Waals surface area contributed by atoms with E-state index >= 15 is 0 Å². The molecule has 0 aromatic carbocycles. The van der Waals surface area contributed by atoms with Crippen LogP contribution in [0.3, 0.4) is 0 Å². The van der Waals surface area contributed by atoms with E-state index in [4.69, 9.17) is 0 Å². The average Bonchev–Trinajstić information content (AvgIpc) is 2.22. The summed E-state index contributed by atoms with van der Waals surface area (Å²) in [6.45, 7) is 0. The molecule has 3 heteroatoms. The largest absolute Gasteiger partial charge is 0.393 e. The van der Waals surface area contributed by atoms with Gasteiger partial charge in [0.1, 0.15) is 0 Å². The molecule has 3 nitrogen and oxygen atoms in total. The van der Waals surface area contributed by atoms with Crippen molar-refractivity contribution in [3.63, 3.8) is 0 Å².